The number of hydrogen-bond acceptors (Lipinski definition) is 6. The van der Waals surface area contributed by atoms with Gasteiger partial charge < -0.3 is 9.32 Å². The van der Waals surface area contributed by atoms with Crippen LogP contribution in [0.15, 0.2) is 34.7 Å². The summed E-state index contributed by atoms with van der Waals surface area (Å²) in [4.78, 5) is 36.5. The smallest absolute Gasteiger partial charge is 0.290 e. The predicted octanol–water partition coefficient (Wildman–Crippen LogP) is 5.29. The molecular formula is C28H30ClFN6O3. The summed E-state index contributed by atoms with van der Waals surface area (Å²) in [6.07, 6.45) is 0. The summed E-state index contributed by atoms with van der Waals surface area (Å²) in [5, 5.41) is 8.60. The Labute approximate surface area is 230 Å². The highest BCUT2D eigenvalue weighted by Crippen LogP contribution is 2.36. The summed E-state index contributed by atoms with van der Waals surface area (Å²) in [6.45, 7) is 11.8. The van der Waals surface area contributed by atoms with Crippen molar-refractivity contribution in [3.8, 4) is 11.3 Å². The van der Waals surface area contributed by atoms with Crippen molar-refractivity contribution in [2.24, 2.45) is 7.05 Å². The van der Waals surface area contributed by atoms with E-state index < -0.39 is 17.3 Å². The van der Waals surface area contributed by atoms with E-state index in [1.807, 2.05) is 26.8 Å². The molecule has 9 nitrogen and oxygen atoms in total. The second-order valence-electron chi connectivity index (χ2n) is 11.3. The molecule has 2 amide bonds. The number of amides is 2. The van der Waals surface area contributed by atoms with Gasteiger partial charge in [0.15, 0.2) is 17.2 Å². The van der Waals surface area contributed by atoms with Crippen LogP contribution in [0.1, 0.15) is 56.4 Å². The van der Waals surface area contributed by atoms with Crippen molar-refractivity contribution in [2.45, 2.75) is 52.5 Å². The van der Waals surface area contributed by atoms with Crippen molar-refractivity contribution in [3.05, 3.63) is 58.2 Å². The number of aryl methyl sites for hydroxylation is 2. The van der Waals surface area contributed by atoms with Crippen molar-refractivity contribution < 1.29 is 18.4 Å². The van der Waals surface area contributed by atoms with Crippen molar-refractivity contribution in [1.29, 1.82) is 0 Å². The minimum Gasteiger partial charge on any atom is -0.449 e. The Morgan fingerprint density at radius 1 is 1.13 bits per heavy atom. The van der Waals surface area contributed by atoms with Gasteiger partial charge in [0.2, 0.25) is 0 Å². The number of furan rings is 1. The zero-order valence-electron chi connectivity index (χ0n) is 23.0. The molecule has 0 spiro atoms. The Hall–Kier alpha value is -3.79. The first-order valence-electron chi connectivity index (χ1n) is 12.6. The number of hydrogen-bond donors (Lipinski definition) is 0. The average Bonchev–Trinajstić information content (AvgIpc) is 3.43. The third-order valence-electron chi connectivity index (χ3n) is 7.06. The third-order valence-corrected chi connectivity index (χ3v) is 7.37. The Morgan fingerprint density at radius 3 is 2.46 bits per heavy atom. The van der Waals surface area contributed by atoms with E-state index in [0.29, 0.717) is 33.9 Å². The Morgan fingerprint density at radius 2 is 1.85 bits per heavy atom. The molecule has 1 aliphatic heterocycles. The summed E-state index contributed by atoms with van der Waals surface area (Å²) < 4.78 is 20.4. The van der Waals surface area contributed by atoms with E-state index in [4.69, 9.17) is 16.0 Å². The van der Waals surface area contributed by atoms with Crippen LogP contribution in [0.4, 0.5) is 10.2 Å². The number of aromatic nitrogens is 4. The predicted molar refractivity (Wildman–Crippen MR) is 146 cm³/mol. The van der Waals surface area contributed by atoms with E-state index in [0.717, 1.165) is 5.56 Å². The molecule has 5 rings (SSSR count). The molecule has 3 aromatic heterocycles. The second-order valence-corrected chi connectivity index (χ2v) is 11.7. The van der Waals surface area contributed by atoms with E-state index in [1.54, 1.807) is 44.9 Å². The molecular weight excluding hydrogens is 523 g/mol. The van der Waals surface area contributed by atoms with Gasteiger partial charge in [0.1, 0.15) is 22.6 Å². The molecule has 11 heteroatoms. The summed E-state index contributed by atoms with van der Waals surface area (Å²) in [7, 11) is 1.70. The molecule has 39 heavy (non-hydrogen) atoms. The lowest BCUT2D eigenvalue weighted by Crippen LogP contribution is -2.65. The number of fused-ring (bicyclic) bond motifs is 1. The lowest BCUT2D eigenvalue weighted by Gasteiger charge is -2.44. The lowest BCUT2D eigenvalue weighted by atomic mass is 9.86. The van der Waals surface area contributed by atoms with Crippen LogP contribution >= 0.6 is 11.6 Å². The number of benzene rings is 1. The maximum Gasteiger partial charge on any atom is 0.290 e. The average molecular weight is 553 g/mol. The van der Waals surface area contributed by atoms with E-state index in [-0.39, 0.29) is 35.2 Å². The SMILES string of the molecule is Cc1nn(C)nc1N1CCN(C(=O)c2cc3nc(-c4ccc(Cl)c(F)c4)cc(C(C)(C)C)c3o2)C(C)(C)C1=O. The van der Waals surface area contributed by atoms with Crippen LogP contribution in [0.2, 0.25) is 5.02 Å². The van der Waals surface area contributed by atoms with Gasteiger partial charge in [-0.2, -0.15) is 9.90 Å². The van der Waals surface area contributed by atoms with Crippen LogP contribution in [0.3, 0.4) is 0 Å². The van der Waals surface area contributed by atoms with Gasteiger partial charge in [-0.25, -0.2) is 9.37 Å². The normalized spacial score (nSPS) is 15.9. The number of nitrogens with zero attached hydrogens (tertiary/aromatic N) is 6. The monoisotopic (exact) mass is 552 g/mol. The first-order valence-corrected chi connectivity index (χ1v) is 13.0. The van der Waals surface area contributed by atoms with Gasteiger partial charge in [0.25, 0.3) is 11.8 Å². The maximum absolute atomic E-state index is 14.2. The van der Waals surface area contributed by atoms with Crippen molar-refractivity contribution in [1.82, 2.24) is 24.9 Å². The minimum atomic E-state index is -1.16. The Kier molecular flexibility index (Phi) is 6.29. The summed E-state index contributed by atoms with van der Waals surface area (Å²) >= 11 is 5.88. The van der Waals surface area contributed by atoms with Gasteiger partial charge in [0.05, 0.1) is 10.7 Å². The number of halogens is 2. The largest absolute Gasteiger partial charge is 0.449 e. The molecule has 0 aliphatic carbocycles. The van der Waals surface area contributed by atoms with Crippen LogP contribution < -0.4 is 4.90 Å². The van der Waals surface area contributed by atoms with Gasteiger partial charge in [-0.3, -0.25) is 14.5 Å². The van der Waals surface area contributed by atoms with Crippen LogP contribution in [0.25, 0.3) is 22.4 Å². The number of carbonyl (C=O) groups is 2. The van der Waals surface area contributed by atoms with Crippen LogP contribution in [0, 0.1) is 12.7 Å². The molecule has 0 unspecified atom stereocenters. The van der Waals surface area contributed by atoms with Crippen LogP contribution in [-0.4, -0.2) is 55.3 Å². The molecule has 1 aromatic carbocycles. The van der Waals surface area contributed by atoms with Crippen molar-refractivity contribution >= 4 is 40.3 Å². The quantitative estimate of drug-likeness (QED) is 0.342. The number of pyridine rings is 1. The molecule has 0 atom stereocenters. The molecule has 204 valence electrons. The fourth-order valence-corrected chi connectivity index (χ4v) is 5.07. The molecule has 0 saturated carbocycles. The van der Waals surface area contributed by atoms with E-state index in [2.05, 4.69) is 15.2 Å². The zero-order valence-corrected chi connectivity index (χ0v) is 23.7. The summed E-state index contributed by atoms with van der Waals surface area (Å²) in [5.41, 5.74) is 1.95. The lowest BCUT2D eigenvalue weighted by molar-refractivity contribution is -0.129. The van der Waals surface area contributed by atoms with E-state index >= 15 is 0 Å². The van der Waals surface area contributed by atoms with Gasteiger partial charge >= 0.3 is 0 Å². The van der Waals surface area contributed by atoms with Gasteiger partial charge in [-0.15, -0.1) is 5.10 Å². The Bertz CT molecular complexity index is 1630. The van der Waals surface area contributed by atoms with Gasteiger partial charge in [-0.1, -0.05) is 38.4 Å². The zero-order chi connectivity index (χ0) is 28.4. The molecule has 4 aromatic rings. The molecule has 0 bridgehead atoms. The van der Waals surface area contributed by atoms with Crippen molar-refractivity contribution in [2.75, 3.05) is 18.0 Å². The van der Waals surface area contributed by atoms with E-state index in [9.17, 15) is 14.0 Å². The molecule has 4 heterocycles. The minimum absolute atomic E-state index is 0.0267. The van der Waals surface area contributed by atoms with Crippen molar-refractivity contribution in [3.63, 3.8) is 0 Å². The molecule has 1 aliphatic rings. The van der Waals surface area contributed by atoms with Gasteiger partial charge in [0, 0.05) is 37.3 Å². The van der Waals surface area contributed by atoms with Gasteiger partial charge in [-0.05, 0) is 44.4 Å². The summed E-state index contributed by atoms with van der Waals surface area (Å²) in [6, 6.07) is 7.95. The topological polar surface area (TPSA) is 97.4 Å². The Balaban J connectivity index is 1.53. The standard InChI is InChI=1S/C28H30ClFN6O3/c1-15-24(33-34(7)32-15)35-10-11-36(28(5,6)26(35)38)25(37)22-14-21-23(39-22)17(27(2,3)4)13-20(31-21)16-8-9-18(29)19(30)12-16/h8-9,12-14H,10-11H2,1-7H3. The maximum atomic E-state index is 14.2. The molecule has 1 saturated heterocycles. The third kappa shape index (κ3) is 4.56. The summed E-state index contributed by atoms with van der Waals surface area (Å²) in [5.74, 6) is -0.661. The molecule has 1 fully saturated rings. The second kappa shape index (κ2) is 9.15. The van der Waals surface area contributed by atoms with Crippen LogP contribution in [-0.2, 0) is 17.3 Å². The molecule has 0 radical (unpaired) electrons. The molecule has 0 N–H and O–H groups in total. The highest BCUT2D eigenvalue weighted by Gasteiger charge is 2.46. The number of piperazine rings is 1. The van der Waals surface area contributed by atoms with Crippen LogP contribution in [0.5, 0.6) is 0 Å². The first-order chi connectivity index (χ1) is 18.2. The van der Waals surface area contributed by atoms with E-state index in [1.165, 1.54) is 21.8 Å². The fraction of sp³-hybridized carbons (Fsp3) is 0.393. The fourth-order valence-electron chi connectivity index (χ4n) is 4.95. The first kappa shape index (κ1) is 26.8. The highest BCUT2D eigenvalue weighted by atomic mass is 35.5. The number of carbonyl (C=O) groups excluding carboxylic acids is 2. The number of rotatable bonds is 3. The number of anilines is 1. The highest BCUT2D eigenvalue weighted by molar-refractivity contribution is 6.30.